The lowest BCUT2D eigenvalue weighted by Gasteiger charge is -2.26. The van der Waals surface area contributed by atoms with Crippen molar-refractivity contribution in [2.45, 2.75) is 43.4 Å². The van der Waals surface area contributed by atoms with Crippen LogP contribution in [-0.2, 0) is 11.7 Å². The highest BCUT2D eigenvalue weighted by molar-refractivity contribution is 5.92. The number of hydrogen-bond donors (Lipinski definition) is 1. The molecule has 9 heteroatoms. The normalized spacial score (nSPS) is 21.0. The van der Waals surface area contributed by atoms with E-state index in [-0.39, 0.29) is 11.3 Å². The molecule has 1 aliphatic heterocycles. The predicted octanol–water partition coefficient (Wildman–Crippen LogP) is 3.56. The number of carbonyl (C=O) groups is 1. The van der Waals surface area contributed by atoms with Crippen molar-refractivity contribution in [1.82, 2.24) is 14.9 Å². The topological polar surface area (TPSA) is 72.1 Å². The summed E-state index contributed by atoms with van der Waals surface area (Å²) in [6.45, 7) is 0.312. The zero-order valence-corrected chi connectivity index (χ0v) is 14.8. The Hall–Kier alpha value is -2.55. The van der Waals surface area contributed by atoms with Crippen LogP contribution in [0.5, 0.6) is 0 Å². The van der Waals surface area contributed by atoms with Crippen molar-refractivity contribution in [2.75, 3.05) is 6.54 Å². The van der Waals surface area contributed by atoms with Gasteiger partial charge < -0.3 is 10.6 Å². The Morgan fingerprint density at radius 2 is 2.00 bits per heavy atom. The van der Waals surface area contributed by atoms with Crippen LogP contribution in [0.3, 0.4) is 0 Å². The second kappa shape index (κ2) is 6.51. The maximum Gasteiger partial charge on any atom is 0.419 e. The zero-order valence-electron chi connectivity index (χ0n) is 14.8. The number of amides is 1. The lowest BCUT2D eigenvalue weighted by molar-refractivity contribution is -0.140. The number of benzene rings is 1. The van der Waals surface area contributed by atoms with Gasteiger partial charge in [0.05, 0.1) is 17.1 Å². The van der Waals surface area contributed by atoms with Gasteiger partial charge in [0, 0.05) is 18.3 Å². The minimum absolute atomic E-state index is 0.112. The molecule has 2 fully saturated rings. The lowest BCUT2D eigenvalue weighted by Crippen LogP contribution is -2.33. The highest BCUT2D eigenvalue weighted by Gasteiger charge is 2.44. The first-order valence-electron chi connectivity index (χ1n) is 9.00. The lowest BCUT2D eigenvalue weighted by atomic mass is 10.00. The van der Waals surface area contributed by atoms with E-state index in [0.717, 1.165) is 18.9 Å². The van der Waals surface area contributed by atoms with E-state index in [1.54, 1.807) is 0 Å². The average molecular weight is 394 g/mol. The largest absolute Gasteiger partial charge is 0.419 e. The fourth-order valence-electron chi connectivity index (χ4n) is 3.58. The SMILES string of the molecule is NC1(c2nccc(C(=O)N3CCCC3c3cccc(C(F)(F)F)c3F)n2)CC1. The van der Waals surface area contributed by atoms with Crippen LogP contribution in [-0.4, -0.2) is 27.3 Å². The third-order valence-corrected chi connectivity index (χ3v) is 5.32. The molecule has 1 unspecified atom stereocenters. The van der Waals surface area contributed by atoms with E-state index in [2.05, 4.69) is 9.97 Å². The molecule has 2 aromatic rings. The summed E-state index contributed by atoms with van der Waals surface area (Å²) in [5, 5.41) is 0. The first-order valence-corrected chi connectivity index (χ1v) is 9.00. The Morgan fingerprint density at radius 3 is 2.68 bits per heavy atom. The fourth-order valence-corrected chi connectivity index (χ4v) is 3.58. The van der Waals surface area contributed by atoms with Crippen LogP contribution in [0.25, 0.3) is 0 Å². The summed E-state index contributed by atoms with van der Waals surface area (Å²) in [7, 11) is 0. The third-order valence-electron chi connectivity index (χ3n) is 5.32. The van der Waals surface area contributed by atoms with E-state index in [1.165, 1.54) is 23.2 Å². The number of hydrogen-bond acceptors (Lipinski definition) is 4. The summed E-state index contributed by atoms with van der Waals surface area (Å²) in [6.07, 6.45) is -0.959. The molecule has 1 aromatic carbocycles. The number of rotatable bonds is 3. The van der Waals surface area contributed by atoms with E-state index < -0.39 is 35.0 Å². The van der Waals surface area contributed by atoms with Crippen LogP contribution in [0.15, 0.2) is 30.5 Å². The van der Waals surface area contributed by atoms with Gasteiger partial charge in [-0.3, -0.25) is 4.79 Å². The van der Waals surface area contributed by atoms with E-state index in [1.807, 2.05) is 0 Å². The van der Waals surface area contributed by atoms with Crippen LogP contribution in [0.2, 0.25) is 0 Å². The molecule has 2 aliphatic rings. The van der Waals surface area contributed by atoms with Crippen LogP contribution >= 0.6 is 0 Å². The van der Waals surface area contributed by atoms with Gasteiger partial charge in [0.25, 0.3) is 5.91 Å². The van der Waals surface area contributed by atoms with Crippen molar-refractivity contribution in [3.8, 4) is 0 Å². The summed E-state index contributed by atoms with van der Waals surface area (Å²) in [4.78, 5) is 22.7. The summed E-state index contributed by atoms with van der Waals surface area (Å²) in [5.41, 5.74) is 4.12. The Bertz CT molecular complexity index is 926. The van der Waals surface area contributed by atoms with Crippen molar-refractivity contribution < 1.29 is 22.4 Å². The van der Waals surface area contributed by atoms with Gasteiger partial charge in [-0.1, -0.05) is 12.1 Å². The molecule has 0 bridgehead atoms. The molecule has 1 aromatic heterocycles. The average Bonchev–Trinajstić information content (AvgIpc) is 3.23. The number of aromatic nitrogens is 2. The van der Waals surface area contributed by atoms with Crippen molar-refractivity contribution in [3.05, 3.63) is 58.9 Å². The minimum Gasteiger partial charge on any atom is -0.330 e. The maximum absolute atomic E-state index is 14.6. The Morgan fingerprint density at radius 1 is 1.25 bits per heavy atom. The summed E-state index contributed by atoms with van der Waals surface area (Å²) in [5.74, 6) is -1.42. The molecule has 1 aliphatic carbocycles. The number of nitrogens with zero attached hydrogens (tertiary/aromatic N) is 3. The van der Waals surface area contributed by atoms with Gasteiger partial charge in [-0.25, -0.2) is 14.4 Å². The molecule has 0 spiro atoms. The molecule has 28 heavy (non-hydrogen) atoms. The standard InChI is InChI=1S/C19H18F4N4O/c20-15-11(3-1-4-12(15)19(21,22)23)14-5-2-10-27(14)16(28)13-6-9-25-17(26-13)18(24)7-8-18/h1,3-4,6,9,14H,2,5,7-8,10,24H2. The number of carbonyl (C=O) groups excluding carboxylic acids is 1. The Labute approximate surface area is 158 Å². The number of nitrogens with two attached hydrogens (primary N) is 1. The number of halogens is 4. The summed E-state index contributed by atoms with van der Waals surface area (Å²) >= 11 is 0. The molecule has 148 valence electrons. The molecule has 4 rings (SSSR count). The molecule has 5 nitrogen and oxygen atoms in total. The highest BCUT2D eigenvalue weighted by atomic mass is 19.4. The molecule has 1 saturated heterocycles. The second-order valence-electron chi connectivity index (χ2n) is 7.28. The molecule has 2 heterocycles. The quantitative estimate of drug-likeness (QED) is 0.808. The number of alkyl halides is 3. The summed E-state index contributed by atoms with van der Waals surface area (Å²) in [6, 6.07) is 3.82. The van der Waals surface area contributed by atoms with Gasteiger partial charge in [0.15, 0.2) is 0 Å². The third kappa shape index (κ3) is 3.23. The second-order valence-corrected chi connectivity index (χ2v) is 7.28. The van der Waals surface area contributed by atoms with E-state index in [0.29, 0.717) is 31.3 Å². The summed E-state index contributed by atoms with van der Waals surface area (Å²) < 4.78 is 53.7. The molecule has 1 saturated carbocycles. The molecule has 2 N–H and O–H groups in total. The van der Waals surface area contributed by atoms with E-state index in [4.69, 9.17) is 5.73 Å². The number of likely N-dealkylation sites (tertiary alicyclic amines) is 1. The first kappa shape index (κ1) is 18.8. The molecule has 1 amide bonds. The van der Waals surface area contributed by atoms with E-state index in [9.17, 15) is 22.4 Å². The fraction of sp³-hybridized carbons (Fsp3) is 0.421. The zero-order chi connectivity index (χ0) is 20.1. The van der Waals surface area contributed by atoms with E-state index >= 15 is 0 Å². The Balaban J connectivity index is 1.65. The van der Waals surface area contributed by atoms with Gasteiger partial charge in [-0.15, -0.1) is 0 Å². The first-order chi connectivity index (χ1) is 13.2. The van der Waals surface area contributed by atoms with Crippen molar-refractivity contribution >= 4 is 5.91 Å². The molecule has 0 radical (unpaired) electrons. The maximum atomic E-state index is 14.6. The van der Waals surface area contributed by atoms with Crippen LogP contribution in [0.1, 0.15) is 59.2 Å². The monoisotopic (exact) mass is 394 g/mol. The van der Waals surface area contributed by atoms with Crippen molar-refractivity contribution in [1.29, 1.82) is 0 Å². The van der Waals surface area contributed by atoms with Crippen LogP contribution in [0, 0.1) is 5.82 Å². The van der Waals surface area contributed by atoms with Crippen molar-refractivity contribution in [3.63, 3.8) is 0 Å². The molecular formula is C19H18F4N4O. The van der Waals surface area contributed by atoms with Crippen LogP contribution in [0.4, 0.5) is 17.6 Å². The van der Waals surface area contributed by atoms with Gasteiger partial charge in [0.1, 0.15) is 17.3 Å². The van der Waals surface area contributed by atoms with Crippen LogP contribution < -0.4 is 5.73 Å². The Kier molecular flexibility index (Phi) is 4.37. The van der Waals surface area contributed by atoms with Gasteiger partial charge >= 0.3 is 6.18 Å². The smallest absolute Gasteiger partial charge is 0.330 e. The molecular weight excluding hydrogens is 376 g/mol. The van der Waals surface area contributed by atoms with Gasteiger partial charge in [0.2, 0.25) is 0 Å². The minimum atomic E-state index is -4.80. The van der Waals surface area contributed by atoms with Gasteiger partial charge in [-0.05, 0) is 37.8 Å². The highest BCUT2D eigenvalue weighted by Crippen LogP contribution is 2.41. The molecule has 1 atom stereocenters. The predicted molar refractivity (Wildman–Crippen MR) is 91.5 cm³/mol. The van der Waals surface area contributed by atoms with Crippen molar-refractivity contribution in [2.24, 2.45) is 5.73 Å². The van der Waals surface area contributed by atoms with Gasteiger partial charge in [-0.2, -0.15) is 13.2 Å².